The number of rotatable bonds is 8. The van der Waals surface area contributed by atoms with Crippen LogP contribution in [-0.4, -0.2) is 56.5 Å². The summed E-state index contributed by atoms with van der Waals surface area (Å²) in [4.78, 5) is 2.56. The third-order valence-electron chi connectivity index (χ3n) is 4.85. The highest BCUT2D eigenvalue weighted by Crippen LogP contribution is 2.28. The Morgan fingerprint density at radius 1 is 1.29 bits per heavy atom. The van der Waals surface area contributed by atoms with Gasteiger partial charge < -0.3 is 5.32 Å². The molecule has 1 heterocycles. The molecular weight excluding hydrogens is 284 g/mol. The molecule has 1 fully saturated rings. The smallest absolute Gasteiger partial charge is 0.147 e. The van der Waals surface area contributed by atoms with Crippen LogP contribution in [0.1, 0.15) is 53.4 Å². The van der Waals surface area contributed by atoms with Crippen LogP contribution in [0.25, 0.3) is 0 Å². The minimum atomic E-state index is -2.85. The molecule has 0 saturated carbocycles. The van der Waals surface area contributed by atoms with Crippen molar-refractivity contribution in [3.8, 4) is 0 Å². The Morgan fingerprint density at radius 2 is 1.90 bits per heavy atom. The maximum Gasteiger partial charge on any atom is 0.147 e. The van der Waals surface area contributed by atoms with Crippen molar-refractivity contribution < 1.29 is 8.42 Å². The number of nitrogens with one attached hydrogen (secondary N) is 1. The Bertz CT molecular complexity index is 403. The Hall–Kier alpha value is -0.130. The molecule has 5 heteroatoms. The van der Waals surface area contributed by atoms with Gasteiger partial charge in [0.05, 0.1) is 5.75 Å². The Kier molecular flexibility index (Phi) is 7.14. The summed E-state index contributed by atoms with van der Waals surface area (Å²) < 4.78 is 22.7. The zero-order chi connectivity index (χ0) is 16.1. The molecule has 0 bridgehead atoms. The van der Waals surface area contributed by atoms with Crippen molar-refractivity contribution in [1.29, 1.82) is 0 Å². The van der Waals surface area contributed by atoms with E-state index >= 15 is 0 Å². The van der Waals surface area contributed by atoms with Crippen LogP contribution in [0.4, 0.5) is 0 Å². The second-order valence-electron chi connectivity index (χ2n) is 7.07. The van der Waals surface area contributed by atoms with Crippen molar-refractivity contribution in [2.75, 3.05) is 31.6 Å². The summed E-state index contributed by atoms with van der Waals surface area (Å²) in [6.07, 6.45) is 5.49. The van der Waals surface area contributed by atoms with Crippen molar-refractivity contribution in [1.82, 2.24) is 10.2 Å². The van der Waals surface area contributed by atoms with Gasteiger partial charge in [0.25, 0.3) is 0 Å². The van der Waals surface area contributed by atoms with Gasteiger partial charge in [-0.2, -0.15) is 0 Å². The van der Waals surface area contributed by atoms with E-state index < -0.39 is 9.84 Å². The molecule has 0 aromatic rings. The van der Waals surface area contributed by atoms with Gasteiger partial charge in [-0.1, -0.05) is 27.7 Å². The summed E-state index contributed by atoms with van der Waals surface area (Å²) in [5, 5.41) is 3.72. The molecule has 0 aromatic carbocycles. The van der Waals surface area contributed by atoms with Gasteiger partial charge in [-0.3, -0.25) is 4.90 Å². The lowest BCUT2D eigenvalue weighted by molar-refractivity contribution is 0.0279. The third-order valence-corrected chi connectivity index (χ3v) is 5.88. The molecule has 4 nitrogen and oxygen atoms in total. The van der Waals surface area contributed by atoms with Crippen molar-refractivity contribution >= 4 is 9.84 Å². The van der Waals surface area contributed by atoms with Crippen LogP contribution in [0, 0.1) is 5.92 Å². The maximum atomic E-state index is 11.4. The van der Waals surface area contributed by atoms with Crippen LogP contribution in [0.5, 0.6) is 0 Å². The summed E-state index contributed by atoms with van der Waals surface area (Å²) in [6, 6.07) is 0.537. The molecule has 0 amide bonds. The predicted molar refractivity (Wildman–Crippen MR) is 90.5 cm³/mol. The second kappa shape index (κ2) is 7.93. The van der Waals surface area contributed by atoms with E-state index in [1.807, 2.05) is 0 Å². The van der Waals surface area contributed by atoms with Gasteiger partial charge in [0.15, 0.2) is 0 Å². The molecule has 0 spiro atoms. The Morgan fingerprint density at radius 3 is 2.38 bits per heavy atom. The zero-order valence-corrected chi connectivity index (χ0v) is 15.3. The van der Waals surface area contributed by atoms with Crippen LogP contribution >= 0.6 is 0 Å². The highest BCUT2D eigenvalue weighted by molar-refractivity contribution is 7.90. The van der Waals surface area contributed by atoms with E-state index in [1.54, 1.807) is 0 Å². The molecule has 1 saturated heterocycles. The molecule has 126 valence electrons. The molecule has 21 heavy (non-hydrogen) atoms. The average molecular weight is 319 g/mol. The molecule has 1 aliphatic rings. The first-order valence-corrected chi connectivity index (χ1v) is 10.4. The van der Waals surface area contributed by atoms with E-state index in [4.69, 9.17) is 0 Å². The lowest BCUT2D eigenvalue weighted by atomic mass is 9.86. The van der Waals surface area contributed by atoms with Gasteiger partial charge in [0.1, 0.15) is 9.84 Å². The standard InChI is InChI=1S/C16H34N2O2S/c1-6-16(7-2)13-17-15(11-14(3)4)12-18(16)9-8-10-21(5,19)20/h14-15,17H,6-13H2,1-5H3. The molecular formula is C16H34N2O2S. The van der Waals surface area contributed by atoms with Gasteiger partial charge in [-0.15, -0.1) is 0 Å². The summed E-state index contributed by atoms with van der Waals surface area (Å²) >= 11 is 0. The fourth-order valence-corrected chi connectivity index (χ4v) is 4.14. The zero-order valence-electron chi connectivity index (χ0n) is 14.5. The number of piperazine rings is 1. The SMILES string of the molecule is CCC1(CC)CNC(CC(C)C)CN1CCCS(C)(=O)=O. The second-order valence-corrected chi connectivity index (χ2v) is 9.33. The quantitative estimate of drug-likeness (QED) is 0.746. The first-order valence-electron chi connectivity index (χ1n) is 8.38. The normalized spacial score (nSPS) is 23.6. The highest BCUT2D eigenvalue weighted by atomic mass is 32.2. The highest BCUT2D eigenvalue weighted by Gasteiger charge is 2.38. The van der Waals surface area contributed by atoms with Gasteiger partial charge in [0, 0.05) is 30.9 Å². The molecule has 1 unspecified atom stereocenters. The fraction of sp³-hybridized carbons (Fsp3) is 1.00. The largest absolute Gasteiger partial charge is 0.311 e. The molecule has 0 aromatic heterocycles. The van der Waals surface area contributed by atoms with E-state index in [9.17, 15) is 8.42 Å². The topological polar surface area (TPSA) is 49.4 Å². The molecule has 1 aliphatic heterocycles. The lowest BCUT2D eigenvalue weighted by Crippen LogP contribution is -2.64. The van der Waals surface area contributed by atoms with Gasteiger partial charge in [0.2, 0.25) is 0 Å². The van der Waals surface area contributed by atoms with Gasteiger partial charge in [-0.05, 0) is 38.1 Å². The fourth-order valence-electron chi connectivity index (χ4n) is 3.49. The van der Waals surface area contributed by atoms with E-state index in [-0.39, 0.29) is 5.54 Å². The summed E-state index contributed by atoms with van der Waals surface area (Å²) in [5.41, 5.74) is 0.199. The van der Waals surface area contributed by atoms with E-state index in [0.29, 0.717) is 17.7 Å². The molecule has 0 aliphatic carbocycles. The van der Waals surface area contributed by atoms with Crippen molar-refractivity contribution in [3.05, 3.63) is 0 Å². The molecule has 0 radical (unpaired) electrons. The lowest BCUT2D eigenvalue weighted by Gasteiger charge is -2.50. The first-order chi connectivity index (χ1) is 9.72. The Balaban J connectivity index is 2.69. The van der Waals surface area contributed by atoms with E-state index in [2.05, 4.69) is 37.9 Å². The minimum absolute atomic E-state index is 0.199. The summed E-state index contributed by atoms with van der Waals surface area (Å²) in [6.45, 7) is 12.0. The van der Waals surface area contributed by atoms with Crippen molar-refractivity contribution in [2.45, 2.75) is 65.0 Å². The third kappa shape index (κ3) is 5.87. The maximum absolute atomic E-state index is 11.4. The number of hydrogen-bond donors (Lipinski definition) is 1. The van der Waals surface area contributed by atoms with Crippen LogP contribution in [-0.2, 0) is 9.84 Å². The summed E-state index contributed by atoms with van der Waals surface area (Å²) in [5.74, 6) is 0.992. The van der Waals surface area contributed by atoms with Crippen LogP contribution in [0.2, 0.25) is 0 Å². The van der Waals surface area contributed by atoms with Crippen LogP contribution < -0.4 is 5.32 Å². The van der Waals surface area contributed by atoms with E-state index in [0.717, 1.165) is 38.9 Å². The Labute approximate surface area is 131 Å². The summed E-state index contributed by atoms with van der Waals surface area (Å²) in [7, 11) is -2.85. The average Bonchev–Trinajstić information content (AvgIpc) is 2.37. The van der Waals surface area contributed by atoms with Crippen LogP contribution in [0.15, 0.2) is 0 Å². The van der Waals surface area contributed by atoms with Crippen molar-refractivity contribution in [3.63, 3.8) is 0 Å². The van der Waals surface area contributed by atoms with Gasteiger partial charge >= 0.3 is 0 Å². The first kappa shape index (κ1) is 18.9. The van der Waals surface area contributed by atoms with Crippen molar-refractivity contribution in [2.24, 2.45) is 5.92 Å². The monoisotopic (exact) mass is 318 g/mol. The minimum Gasteiger partial charge on any atom is -0.311 e. The van der Waals surface area contributed by atoms with Crippen LogP contribution in [0.3, 0.4) is 0 Å². The number of sulfone groups is 1. The number of nitrogens with zero attached hydrogens (tertiary/aromatic N) is 1. The van der Waals surface area contributed by atoms with E-state index in [1.165, 1.54) is 12.7 Å². The molecule has 1 rings (SSSR count). The predicted octanol–water partition coefficient (Wildman–Crippen LogP) is 2.30. The number of hydrogen-bond acceptors (Lipinski definition) is 4. The van der Waals surface area contributed by atoms with Gasteiger partial charge in [-0.25, -0.2) is 8.42 Å². The molecule has 1 N–H and O–H groups in total. The molecule has 1 atom stereocenters.